The molecule has 0 bridgehead atoms. The molecule has 2 aromatic carbocycles. The molecule has 4 amide bonds. The number of primary amides is 1. The Balaban J connectivity index is 1.70. The van der Waals surface area contributed by atoms with E-state index < -0.39 is 41.9 Å². The minimum atomic E-state index is -0.968. The molecule has 0 saturated carbocycles. The van der Waals surface area contributed by atoms with Gasteiger partial charge in [0.1, 0.15) is 23.9 Å². The summed E-state index contributed by atoms with van der Waals surface area (Å²) in [4.78, 5) is 52.2. The van der Waals surface area contributed by atoms with Gasteiger partial charge in [0, 0.05) is 13.0 Å². The number of benzene rings is 2. The van der Waals surface area contributed by atoms with Gasteiger partial charge in [0.2, 0.25) is 23.6 Å². The predicted octanol–water partition coefficient (Wildman–Crippen LogP) is -0.0295. The van der Waals surface area contributed by atoms with E-state index in [0.29, 0.717) is 19.4 Å². The van der Waals surface area contributed by atoms with Gasteiger partial charge in [0.05, 0.1) is 6.04 Å². The van der Waals surface area contributed by atoms with E-state index in [0.717, 1.165) is 11.1 Å². The first kappa shape index (κ1) is 26.7. The number of hydrogen-bond donors (Lipinski definition) is 5. The maximum absolute atomic E-state index is 13.3. The molecule has 10 nitrogen and oxygen atoms in total. The molecule has 2 aromatic rings. The van der Waals surface area contributed by atoms with Crippen LogP contribution in [0, 0.1) is 0 Å². The third-order valence-electron chi connectivity index (χ3n) is 6.25. The first-order valence-electron chi connectivity index (χ1n) is 11.9. The van der Waals surface area contributed by atoms with Gasteiger partial charge in [-0.1, -0.05) is 42.5 Å². The molecule has 1 saturated heterocycles. The molecule has 3 rings (SSSR count). The number of hydrogen-bond acceptors (Lipinski definition) is 6. The van der Waals surface area contributed by atoms with E-state index in [9.17, 15) is 24.3 Å². The Kier molecular flexibility index (Phi) is 9.02. The highest BCUT2D eigenvalue weighted by Crippen LogP contribution is 2.20. The average Bonchev–Trinajstić information content (AvgIpc) is 3.35. The Labute approximate surface area is 210 Å². The molecule has 0 aromatic heterocycles. The van der Waals surface area contributed by atoms with Gasteiger partial charge in [-0.2, -0.15) is 0 Å². The number of carbonyl (C=O) groups is 4. The molecule has 4 atom stereocenters. The van der Waals surface area contributed by atoms with Crippen molar-refractivity contribution >= 4 is 23.6 Å². The van der Waals surface area contributed by atoms with Crippen LogP contribution in [0.2, 0.25) is 0 Å². The van der Waals surface area contributed by atoms with Crippen LogP contribution in [0.15, 0.2) is 54.6 Å². The van der Waals surface area contributed by atoms with Crippen LogP contribution < -0.4 is 22.1 Å². The van der Waals surface area contributed by atoms with Crippen molar-refractivity contribution in [2.24, 2.45) is 11.5 Å². The number of phenolic OH excluding ortho intramolecular Hbond substituents is 1. The van der Waals surface area contributed by atoms with E-state index >= 15 is 0 Å². The monoisotopic (exact) mass is 495 g/mol. The number of nitrogens with zero attached hydrogens (tertiary/aromatic N) is 1. The summed E-state index contributed by atoms with van der Waals surface area (Å²) in [5.74, 6) is -1.93. The Morgan fingerprint density at radius 1 is 1.00 bits per heavy atom. The summed E-state index contributed by atoms with van der Waals surface area (Å²) in [5, 5.41) is 14.7. The minimum Gasteiger partial charge on any atom is -0.508 e. The highest BCUT2D eigenvalue weighted by atomic mass is 16.3. The van der Waals surface area contributed by atoms with Gasteiger partial charge in [0.25, 0.3) is 0 Å². The van der Waals surface area contributed by atoms with Gasteiger partial charge in [-0.05, 0) is 49.4 Å². The van der Waals surface area contributed by atoms with Crippen LogP contribution in [0.4, 0.5) is 0 Å². The van der Waals surface area contributed by atoms with E-state index in [1.807, 2.05) is 30.3 Å². The first-order valence-corrected chi connectivity index (χ1v) is 11.9. The maximum Gasteiger partial charge on any atom is 0.243 e. The molecule has 1 aliphatic rings. The molecule has 1 aliphatic heterocycles. The summed E-state index contributed by atoms with van der Waals surface area (Å²) < 4.78 is 0. The van der Waals surface area contributed by atoms with Crippen LogP contribution >= 0.6 is 0 Å². The van der Waals surface area contributed by atoms with Crippen LogP contribution in [0.3, 0.4) is 0 Å². The van der Waals surface area contributed by atoms with Crippen molar-refractivity contribution in [3.05, 3.63) is 65.7 Å². The van der Waals surface area contributed by atoms with Gasteiger partial charge in [-0.3, -0.25) is 19.2 Å². The average molecular weight is 496 g/mol. The summed E-state index contributed by atoms with van der Waals surface area (Å²) in [6.07, 6.45) is 1.53. The number of phenols is 1. The van der Waals surface area contributed by atoms with Gasteiger partial charge in [0.15, 0.2) is 0 Å². The summed E-state index contributed by atoms with van der Waals surface area (Å²) in [6, 6.07) is 12.1. The summed E-state index contributed by atoms with van der Waals surface area (Å²) in [5.41, 5.74) is 13.1. The fraction of sp³-hybridized carbons (Fsp3) is 0.385. The summed E-state index contributed by atoms with van der Waals surface area (Å²) in [7, 11) is 0. The van der Waals surface area contributed by atoms with E-state index in [1.165, 1.54) is 24.0 Å². The predicted molar refractivity (Wildman–Crippen MR) is 133 cm³/mol. The second-order valence-corrected chi connectivity index (χ2v) is 9.05. The van der Waals surface area contributed by atoms with E-state index in [2.05, 4.69) is 10.6 Å². The third-order valence-corrected chi connectivity index (χ3v) is 6.25. The molecular weight excluding hydrogens is 462 g/mol. The zero-order chi connectivity index (χ0) is 26.2. The van der Waals surface area contributed by atoms with E-state index in [-0.39, 0.29) is 24.5 Å². The topological polar surface area (TPSA) is 168 Å². The normalized spacial score (nSPS) is 17.6. The molecular formula is C26H33N5O5. The molecule has 1 fully saturated rings. The molecule has 36 heavy (non-hydrogen) atoms. The maximum atomic E-state index is 13.3. The standard InChI is InChI=1S/C26H33N5O5/c1-16(23(28)33)29-24(34)21(15-17-6-3-2-4-7-17)30-25(35)22-8-5-13-31(22)26(36)20(27)14-18-9-11-19(32)12-10-18/h2-4,6-7,9-12,16,20-22,32H,5,8,13-15,27H2,1H3,(H2,28,33)(H,29,34)(H,30,35)/t16-,20-,21-,22-/m0/s1. The van der Waals surface area contributed by atoms with Crippen molar-refractivity contribution in [1.29, 1.82) is 0 Å². The van der Waals surface area contributed by atoms with Crippen LogP contribution in [-0.2, 0) is 32.0 Å². The number of carbonyl (C=O) groups excluding carboxylic acids is 4. The van der Waals surface area contributed by atoms with E-state index in [1.54, 1.807) is 12.1 Å². The zero-order valence-corrected chi connectivity index (χ0v) is 20.2. The lowest BCUT2D eigenvalue weighted by atomic mass is 10.0. The zero-order valence-electron chi connectivity index (χ0n) is 20.2. The van der Waals surface area contributed by atoms with Gasteiger partial charge in [-0.25, -0.2) is 0 Å². The van der Waals surface area contributed by atoms with Crippen molar-refractivity contribution in [2.45, 2.75) is 56.8 Å². The third kappa shape index (κ3) is 7.05. The Morgan fingerprint density at radius 3 is 2.28 bits per heavy atom. The highest BCUT2D eigenvalue weighted by molar-refractivity contribution is 5.95. The SMILES string of the molecule is C[C@H](NC(=O)[C@H](Cc1ccccc1)NC(=O)[C@@H]1CCCN1C(=O)[C@@H](N)Cc1ccc(O)cc1)C(N)=O. The molecule has 7 N–H and O–H groups in total. The number of nitrogens with two attached hydrogens (primary N) is 2. The van der Waals surface area contributed by atoms with Crippen molar-refractivity contribution in [3.8, 4) is 5.75 Å². The molecule has 10 heteroatoms. The van der Waals surface area contributed by atoms with Crippen LogP contribution in [0.5, 0.6) is 5.75 Å². The quantitative estimate of drug-likeness (QED) is 0.310. The largest absolute Gasteiger partial charge is 0.508 e. The molecule has 0 radical (unpaired) electrons. The molecule has 0 unspecified atom stereocenters. The molecule has 192 valence electrons. The second-order valence-electron chi connectivity index (χ2n) is 9.05. The fourth-order valence-electron chi connectivity index (χ4n) is 4.20. The highest BCUT2D eigenvalue weighted by Gasteiger charge is 2.37. The number of likely N-dealkylation sites (tertiary alicyclic amines) is 1. The molecule has 0 spiro atoms. The summed E-state index contributed by atoms with van der Waals surface area (Å²) >= 11 is 0. The van der Waals surface area contributed by atoms with Crippen LogP contribution in [0.1, 0.15) is 30.9 Å². The van der Waals surface area contributed by atoms with Gasteiger partial charge >= 0.3 is 0 Å². The smallest absolute Gasteiger partial charge is 0.243 e. The lowest BCUT2D eigenvalue weighted by Crippen LogP contribution is -2.57. The number of amides is 4. The van der Waals surface area contributed by atoms with E-state index in [4.69, 9.17) is 11.5 Å². The van der Waals surface area contributed by atoms with Crippen LogP contribution in [-0.4, -0.2) is 64.3 Å². The molecule has 1 heterocycles. The number of aromatic hydroxyl groups is 1. The first-order chi connectivity index (χ1) is 17.2. The van der Waals surface area contributed by atoms with Crippen molar-refractivity contribution in [1.82, 2.24) is 15.5 Å². The minimum absolute atomic E-state index is 0.120. The number of rotatable bonds is 10. The molecule has 0 aliphatic carbocycles. The lowest BCUT2D eigenvalue weighted by Gasteiger charge is -2.28. The van der Waals surface area contributed by atoms with Crippen LogP contribution in [0.25, 0.3) is 0 Å². The fourth-order valence-corrected chi connectivity index (χ4v) is 4.20. The van der Waals surface area contributed by atoms with Gasteiger partial charge in [-0.15, -0.1) is 0 Å². The van der Waals surface area contributed by atoms with Gasteiger partial charge < -0.3 is 32.1 Å². The van der Waals surface area contributed by atoms with Crippen molar-refractivity contribution in [2.75, 3.05) is 6.54 Å². The Hall–Kier alpha value is -3.92. The second kappa shape index (κ2) is 12.2. The Morgan fingerprint density at radius 2 is 1.64 bits per heavy atom. The van der Waals surface area contributed by atoms with Crippen molar-refractivity contribution in [3.63, 3.8) is 0 Å². The number of nitrogens with one attached hydrogen (secondary N) is 2. The Bertz CT molecular complexity index is 1080. The summed E-state index contributed by atoms with van der Waals surface area (Å²) in [6.45, 7) is 1.85. The lowest BCUT2D eigenvalue weighted by molar-refractivity contribution is -0.140. The van der Waals surface area contributed by atoms with Crippen molar-refractivity contribution < 1.29 is 24.3 Å².